The highest BCUT2D eigenvalue weighted by atomic mass is 32.2. The molecule has 65 heteroatoms. The summed E-state index contributed by atoms with van der Waals surface area (Å²) in [5.74, 6) is -15.9. The molecule has 2 unspecified atom stereocenters. The molecule has 0 aromatic heterocycles. The Hall–Kier alpha value is -4.57. The lowest BCUT2D eigenvalue weighted by Gasteiger charge is -2.48. The first-order valence-corrected chi connectivity index (χ1v) is 50.7. The van der Waals surface area contributed by atoms with Crippen molar-refractivity contribution >= 4 is 116 Å². The minimum Gasteiger partial charge on any atom is -0.480 e. The molecule has 4 saturated carbocycles. The highest BCUT2D eigenvalue weighted by Gasteiger charge is 2.62. The Balaban J connectivity index is 0.000000294. The molecule has 5 heterocycles. The van der Waals surface area contributed by atoms with Gasteiger partial charge in [-0.25, -0.2) is 17.6 Å². The van der Waals surface area contributed by atoms with Crippen molar-refractivity contribution in [2.75, 3.05) is 65.4 Å². The molecule has 9 rings (SSSR count). The third-order valence-electron chi connectivity index (χ3n) is 27.1. The number of aliphatic carboxylic acids is 5. The van der Waals surface area contributed by atoms with Crippen LogP contribution in [0.2, 0.25) is 31.6 Å². The number of nitrogens with zero attached hydrogens (tertiary/aromatic N) is 6. The van der Waals surface area contributed by atoms with Crippen LogP contribution < -0.4 is 80.9 Å². The Kier molecular flexibility index (Phi) is 41.9. The number of carboxylic acids is 5. The van der Waals surface area contributed by atoms with Gasteiger partial charge in [-0.1, -0.05) is 44.9 Å². The summed E-state index contributed by atoms with van der Waals surface area (Å²) in [6.45, 7) is 3.23. The number of nitriles is 1. The zero-order chi connectivity index (χ0) is 102. The second kappa shape index (κ2) is 46.9. The van der Waals surface area contributed by atoms with Gasteiger partial charge in [0, 0.05) is 174 Å². The van der Waals surface area contributed by atoms with E-state index in [0.29, 0.717) is 19.3 Å². The molecule has 0 aromatic carbocycles. The summed E-state index contributed by atoms with van der Waals surface area (Å²) in [6, 6.07) is -3.27. The van der Waals surface area contributed by atoms with Crippen LogP contribution in [0.15, 0.2) is 0 Å². The smallest absolute Gasteiger partial charge is 0.451 e. The van der Waals surface area contributed by atoms with Crippen molar-refractivity contribution in [3.8, 4) is 6.07 Å². The second-order valence-corrected chi connectivity index (χ2v) is 46.0. The second-order valence-electron chi connectivity index (χ2n) is 37.5. The fourth-order valence-electron chi connectivity index (χ4n) is 17.8. The minimum absolute atomic E-state index is 0.00185. The molecule has 4 aliphatic carbocycles. The Morgan fingerprint density at radius 1 is 0.391 bits per heavy atom. The molecule has 0 amide bonds. The van der Waals surface area contributed by atoms with Gasteiger partial charge in [0.1, 0.15) is 33.7 Å². The summed E-state index contributed by atoms with van der Waals surface area (Å²) in [7, 11) is -28.0. The Morgan fingerprint density at radius 3 is 0.820 bits per heavy atom. The van der Waals surface area contributed by atoms with Gasteiger partial charge in [0.05, 0.1) is 6.07 Å². The van der Waals surface area contributed by atoms with Crippen molar-refractivity contribution in [2.45, 2.75) is 293 Å². The van der Waals surface area contributed by atoms with E-state index < -0.39 is 278 Å². The molecule has 0 bridgehead atoms. The lowest BCUT2D eigenvalue weighted by atomic mass is 9.70. The van der Waals surface area contributed by atoms with E-state index in [1.165, 1.54) is 20.8 Å². The maximum Gasteiger partial charge on any atom is 0.451 e. The molecular formula is C68H136B5F4N21O30S5. The molecule has 766 valence electrons. The Bertz CT molecular complexity index is 4360. The van der Waals surface area contributed by atoms with E-state index in [-0.39, 0.29) is 141 Å². The van der Waals surface area contributed by atoms with E-state index in [9.17, 15) is 109 Å². The van der Waals surface area contributed by atoms with Crippen LogP contribution in [0.1, 0.15) is 163 Å². The van der Waals surface area contributed by atoms with Crippen LogP contribution in [-0.4, -0.2) is 369 Å². The van der Waals surface area contributed by atoms with Gasteiger partial charge in [0.2, 0.25) is 0 Å². The number of alkyl halides is 4. The largest absolute Gasteiger partial charge is 0.480 e. The number of halogens is 4. The molecule has 5 saturated heterocycles. The highest BCUT2D eigenvalue weighted by molar-refractivity contribution is 7.88. The van der Waals surface area contributed by atoms with E-state index >= 15 is 0 Å². The van der Waals surface area contributed by atoms with Crippen LogP contribution in [0, 0.1) is 40.9 Å². The standard InChI is InChI=1S/2C14H27BF2N4O6S.2C14H29BN4O6S.C12H24BN5O6S/c2*1-9(12(18)6-13(16,17)7-12)20-28(26,27)21-5-10(3-2-4-15(24)25)14(19,8-21)11(22)23;1-10(13(16)5-3-6-13)18-26(24,25)19-8-11(4-2-7-15(22)23)14(17,9-19)12(20)21;16-11-5-1-2-6-12(11)18-26(24,25)19-8-10(4-3-7-15(22)23)14(17,9-19)13(20)21;1-8(10(15)5-14)17-25(23,24)18-6-9(3-2-4-13(21)22)12(16,7-18)11(19)20/h2*9-10,20,24-25H,2-8,18-19H2,1H3,(H,22,23);10-11,18,22-23H,2-9,16-17H2,1H3,(H,20,21);10-12,18,22-23H,1-9,16-17H2,(H,20,21);8-10,17,21-22H,2-4,6-7,15-16H2,1H3,(H,19,20)/t9-,10+,14+;9-,10-,14-;10-,11+,14+;10-,11?,12?,14-;8-,9+,10+,12+/m10101/s1. The van der Waals surface area contributed by atoms with Gasteiger partial charge in [-0.3, -0.25) is 24.0 Å². The quantitative estimate of drug-likeness (QED) is 0.0199. The molecule has 0 radical (unpaired) electrons. The van der Waals surface area contributed by atoms with Crippen molar-refractivity contribution in [2.24, 2.45) is 86.9 Å². The van der Waals surface area contributed by atoms with Gasteiger partial charge in [0.25, 0.3) is 62.9 Å². The van der Waals surface area contributed by atoms with Gasteiger partial charge >= 0.3 is 65.4 Å². The van der Waals surface area contributed by atoms with Gasteiger partial charge < -0.3 is 133 Å². The highest BCUT2D eigenvalue weighted by Crippen LogP contribution is 2.48. The predicted octanol–water partition coefficient (Wildman–Crippen LogP) is -10.3. The summed E-state index contributed by atoms with van der Waals surface area (Å²) in [4.78, 5) is 58.2. The van der Waals surface area contributed by atoms with E-state index in [1.807, 2.05) is 0 Å². The first-order valence-electron chi connectivity index (χ1n) is 43.4. The molecule has 9 aliphatic rings. The first kappa shape index (κ1) is 119. The van der Waals surface area contributed by atoms with E-state index in [2.05, 4.69) is 23.6 Å². The number of carbonyl (C=O) groups is 5. The first-order chi connectivity index (χ1) is 60.6. The van der Waals surface area contributed by atoms with E-state index in [1.54, 1.807) is 13.0 Å². The molecule has 51 nitrogen and oxygen atoms in total. The van der Waals surface area contributed by atoms with Crippen molar-refractivity contribution in [3.63, 3.8) is 0 Å². The van der Waals surface area contributed by atoms with Gasteiger partial charge in [-0.15, -0.1) is 0 Å². The number of hydrogen-bond donors (Lipinski definition) is 30. The molecule has 0 aromatic rings. The maximum atomic E-state index is 13.2. The number of nitrogens with one attached hydrogen (secondary N) is 5. The molecule has 40 N–H and O–H groups in total. The van der Waals surface area contributed by atoms with Gasteiger partial charge in [-0.05, 0) is 124 Å². The maximum absolute atomic E-state index is 13.2. The van der Waals surface area contributed by atoms with Crippen LogP contribution in [0.3, 0.4) is 0 Å². The lowest BCUT2D eigenvalue weighted by molar-refractivity contribution is -0.145. The summed E-state index contributed by atoms with van der Waals surface area (Å²) in [5.41, 5.74) is 47.0. The minimum atomic E-state index is -4.22. The molecule has 133 heavy (non-hydrogen) atoms. The third-order valence-corrected chi connectivity index (χ3v) is 35.1. The normalized spacial score (nSPS) is 30.3. The van der Waals surface area contributed by atoms with Crippen LogP contribution in [0.4, 0.5) is 17.6 Å². The van der Waals surface area contributed by atoms with Crippen LogP contribution in [0.5, 0.6) is 0 Å². The average molecular weight is 2020 g/mol. The average Bonchev–Trinajstić information content (AvgIpc) is 1.49. The number of hydrogen-bond acceptors (Lipinski definition) is 36. The Morgan fingerprint density at radius 2 is 0.617 bits per heavy atom. The van der Waals surface area contributed by atoms with Crippen molar-refractivity contribution < 1.29 is 159 Å². The van der Waals surface area contributed by atoms with Gasteiger partial charge in [-0.2, -0.15) is 92.5 Å². The number of nitrogens with two attached hydrogens (primary N) is 10. The number of carboxylic acid groups (broad SMARTS) is 5. The van der Waals surface area contributed by atoms with E-state index in [4.69, 9.17) is 113 Å². The fourth-order valence-corrected chi connectivity index (χ4v) is 25.7. The summed E-state index contributed by atoms with van der Waals surface area (Å²) < 4.78 is 196. The molecular weight excluding hydrogens is 1880 g/mol. The van der Waals surface area contributed by atoms with Gasteiger partial charge in [0.15, 0.2) is 0 Å². The lowest BCUT2D eigenvalue weighted by Crippen LogP contribution is -2.68. The topological polar surface area (TPSA) is 920 Å². The summed E-state index contributed by atoms with van der Waals surface area (Å²) >= 11 is 0. The van der Waals surface area contributed by atoms with Crippen LogP contribution in [0.25, 0.3) is 0 Å². The zero-order valence-electron chi connectivity index (χ0n) is 74.6. The zero-order valence-corrected chi connectivity index (χ0v) is 78.7. The van der Waals surface area contributed by atoms with E-state index in [0.717, 1.165) is 60.1 Å². The van der Waals surface area contributed by atoms with Crippen LogP contribution >= 0.6 is 0 Å². The molecule has 0 spiro atoms. The number of rotatable bonds is 44. The molecule has 17 atom stereocenters. The van der Waals surface area contributed by atoms with Crippen molar-refractivity contribution in [1.29, 1.82) is 5.26 Å². The van der Waals surface area contributed by atoms with Crippen molar-refractivity contribution in [1.82, 2.24) is 45.1 Å². The SMILES string of the molecule is C[C@@H](NS(=O)(=O)N1C[C@H](CCCB(O)O)[C@](N)(C(=O)O)C1)C1(N)CC(F)(F)C1.C[C@@H](NS(=O)(=O)N1C[C@H](CCCB(O)O)[C@](N)(C(=O)O)C1)C1(N)CCC1.C[C@@H](NS(=O)(=O)N1C[C@H](CCCB(O)O)[C@](N)(C(=O)O)C1)[C@@H](N)C#N.C[C@H](NS(=O)(=O)N1C[C@H](CCCB(O)O)[C@](N)(C(=O)O)C1)C1(N)CC(F)(F)C1.NC1CCCCC1NS(=O)(=O)N1C[C@H](CCCB(O)O)[C@](N)(C(=O)O)C1. The third kappa shape index (κ3) is 31.5. The molecule has 5 aliphatic heterocycles. The fraction of sp³-hybridized carbons (Fsp3) is 0.912. The monoisotopic (exact) mass is 2020 g/mol. The van der Waals surface area contributed by atoms with Crippen LogP contribution in [-0.2, 0) is 75.0 Å². The Labute approximate surface area is 773 Å². The predicted molar refractivity (Wildman–Crippen MR) is 474 cm³/mol. The summed E-state index contributed by atoms with van der Waals surface area (Å²) in [5, 5.41) is 145. The van der Waals surface area contributed by atoms with Crippen molar-refractivity contribution in [3.05, 3.63) is 0 Å². The molecule has 9 fully saturated rings. The summed E-state index contributed by atoms with van der Waals surface area (Å²) in [6.07, 6.45) is 5.85.